The van der Waals surface area contributed by atoms with Crippen LogP contribution in [0.4, 0.5) is 0 Å². The molecule has 10 rings (SSSR count). The fraction of sp³-hybridized carbons (Fsp3) is 0.961. The second-order valence-electron chi connectivity index (χ2n) is 23.8. The molecule has 6 heterocycles. The van der Waals surface area contributed by atoms with Crippen molar-refractivity contribution in [1.29, 1.82) is 0 Å². The SMILES string of the molecule is C[C@@H]1CC[C@@]2(OC1)O[C@H]1CC3C4CC=C5C[C@@H](O[C@@H]6O[C@H](CO)[C@@H](O[C@@H]7O[C@@H](C)[C@H](O)[C@@H](O)[C@H]7O)[C@H](O)[C@H]6O[C@@H]6O[C@@H](C)[C@H](O[C@@H]7O[C@@H](C)[C@H](O)[C@@H](O)[C@H]7O)[C@@H](O)[C@H]6O)CC[C@]5(C)C4CC[C@]3(C)[C@H]1[C@@H]2C. The van der Waals surface area contributed by atoms with Gasteiger partial charge in [0, 0.05) is 12.3 Å². The lowest BCUT2D eigenvalue weighted by Gasteiger charge is -2.59. The number of rotatable bonds is 9. The van der Waals surface area contributed by atoms with Crippen molar-refractivity contribution in [1.82, 2.24) is 0 Å². The van der Waals surface area contributed by atoms with Gasteiger partial charge in [-0.25, -0.2) is 0 Å². The van der Waals surface area contributed by atoms with Crippen LogP contribution in [0.5, 0.6) is 0 Å². The molecule has 1 spiro atoms. The number of ether oxygens (including phenoxy) is 10. The first kappa shape index (κ1) is 53.3. The van der Waals surface area contributed by atoms with Gasteiger partial charge in [0.1, 0.15) is 79.4 Å². The van der Waals surface area contributed by atoms with E-state index in [1.807, 2.05) is 0 Å². The first-order valence-corrected chi connectivity index (χ1v) is 26.6. The quantitative estimate of drug-likeness (QED) is 0.137. The highest BCUT2D eigenvalue weighted by atomic mass is 16.8. The zero-order valence-corrected chi connectivity index (χ0v) is 42.1. The first-order valence-electron chi connectivity index (χ1n) is 26.6. The highest BCUT2D eigenvalue weighted by Crippen LogP contribution is 2.71. The summed E-state index contributed by atoms with van der Waals surface area (Å²) in [7, 11) is 0. The Morgan fingerprint density at radius 1 is 0.592 bits per heavy atom. The Labute approximate surface area is 415 Å². The molecule has 406 valence electrons. The summed E-state index contributed by atoms with van der Waals surface area (Å²) in [5.74, 6) is 2.43. The number of allylic oxidation sites excluding steroid dienone is 1. The molecular weight excluding hydrogens is 933 g/mol. The van der Waals surface area contributed by atoms with Gasteiger partial charge in [-0.05, 0) is 113 Å². The van der Waals surface area contributed by atoms with E-state index >= 15 is 0 Å². The van der Waals surface area contributed by atoms with Crippen LogP contribution in [0.3, 0.4) is 0 Å². The predicted molar refractivity (Wildman–Crippen MR) is 244 cm³/mol. The highest BCUT2D eigenvalue weighted by molar-refractivity contribution is 5.26. The normalized spacial score (nSPS) is 58.4. The van der Waals surface area contributed by atoms with Crippen molar-refractivity contribution in [2.24, 2.45) is 46.3 Å². The Kier molecular flexibility index (Phi) is 15.1. The fourth-order valence-corrected chi connectivity index (χ4v) is 15.4. The number of aliphatic hydroxyl groups excluding tert-OH is 10. The molecule has 20 heteroatoms. The molecule has 0 bridgehead atoms. The summed E-state index contributed by atoms with van der Waals surface area (Å²) in [6.45, 7) is 14.1. The van der Waals surface area contributed by atoms with Gasteiger partial charge in [-0.1, -0.05) is 39.3 Å². The van der Waals surface area contributed by atoms with Crippen LogP contribution >= 0.6 is 0 Å². The van der Waals surface area contributed by atoms with Crippen LogP contribution < -0.4 is 0 Å². The van der Waals surface area contributed by atoms with Crippen LogP contribution in [0.1, 0.15) is 106 Å². The van der Waals surface area contributed by atoms with Gasteiger partial charge in [-0.2, -0.15) is 0 Å². The monoisotopic (exact) mass is 1010 g/mol. The van der Waals surface area contributed by atoms with E-state index < -0.39 is 141 Å². The Balaban J connectivity index is 0.855. The maximum absolute atomic E-state index is 12.2. The van der Waals surface area contributed by atoms with Gasteiger partial charge in [0.05, 0.1) is 43.7 Å². The lowest BCUT2D eigenvalue weighted by molar-refractivity contribution is -0.395. The molecule has 0 aromatic rings. The number of hydrogen-bond donors (Lipinski definition) is 10. The molecule has 10 aliphatic rings. The maximum atomic E-state index is 12.2. The van der Waals surface area contributed by atoms with E-state index in [4.69, 9.17) is 47.4 Å². The molecule has 0 amide bonds. The van der Waals surface area contributed by atoms with Crippen LogP contribution in [-0.4, -0.2) is 205 Å². The van der Waals surface area contributed by atoms with Crippen LogP contribution in [0, 0.1) is 46.3 Å². The van der Waals surface area contributed by atoms with Gasteiger partial charge >= 0.3 is 0 Å². The van der Waals surface area contributed by atoms with E-state index in [0.717, 1.165) is 51.6 Å². The lowest BCUT2D eigenvalue weighted by Crippen LogP contribution is -2.67. The molecule has 0 aromatic carbocycles. The molecule has 3 saturated carbocycles. The summed E-state index contributed by atoms with van der Waals surface area (Å²) >= 11 is 0. The average Bonchev–Trinajstić information content (AvgIpc) is 3.79. The van der Waals surface area contributed by atoms with Crippen LogP contribution in [0.25, 0.3) is 0 Å². The molecule has 20 nitrogen and oxygen atoms in total. The van der Waals surface area contributed by atoms with Gasteiger partial charge in [0.2, 0.25) is 0 Å². The van der Waals surface area contributed by atoms with Crippen molar-refractivity contribution < 1.29 is 98.4 Å². The smallest absolute Gasteiger partial charge is 0.187 e. The summed E-state index contributed by atoms with van der Waals surface area (Å²) in [5.41, 5.74) is 1.41. The van der Waals surface area contributed by atoms with E-state index in [1.54, 1.807) is 0 Å². The molecule has 10 N–H and O–H groups in total. The van der Waals surface area contributed by atoms with Gasteiger partial charge in [-0.15, -0.1) is 0 Å². The zero-order valence-electron chi connectivity index (χ0n) is 42.1. The van der Waals surface area contributed by atoms with Gasteiger partial charge in [0.15, 0.2) is 30.9 Å². The minimum atomic E-state index is -1.85. The van der Waals surface area contributed by atoms with Crippen LogP contribution in [0.2, 0.25) is 0 Å². The Bertz CT molecular complexity index is 1890. The third-order valence-corrected chi connectivity index (χ3v) is 19.7. The highest BCUT2D eigenvalue weighted by Gasteiger charge is 2.69. The molecular formula is C51H82O20. The minimum absolute atomic E-state index is 0.0663. The molecule has 3 unspecified atom stereocenters. The summed E-state index contributed by atoms with van der Waals surface area (Å²) in [6.07, 6.45) is -19.0. The van der Waals surface area contributed by atoms with Crippen molar-refractivity contribution in [3.05, 3.63) is 11.6 Å². The summed E-state index contributed by atoms with van der Waals surface area (Å²) < 4.78 is 62.4. The molecule has 6 saturated heterocycles. The third kappa shape index (κ3) is 9.03. The lowest BCUT2D eigenvalue weighted by atomic mass is 9.47. The standard InChI is InChI=1S/C51H82O20/c1-20-10-15-51(62-19-20)21(2)32-30(71-51)17-29-27-9-8-25-16-26(11-13-49(25,6)28(27)12-14-50(29,32)7)66-48-44(41(61)43(31(18-52)67-48)69-46-39(59)36(56)34(54)23(4)64-46)70-47-40(60)37(57)42(24(5)65-47)68-45-38(58)35(55)33(53)22(3)63-45/h8,20-24,26-48,52-61H,9-19H2,1-7H3/t20-,21+,22+,23+,24+,26+,27?,28?,29?,30+,31-,32+,33+,34+,35-,36-,37+,38-,39-,40-,41+,42+,43-,44-,45+,46+,47+,48-,49+,50+,51-/m1/s1. The fourth-order valence-electron chi connectivity index (χ4n) is 15.4. The molecule has 31 atom stereocenters. The summed E-state index contributed by atoms with van der Waals surface area (Å²) in [6, 6.07) is 0. The first-order chi connectivity index (χ1) is 33.6. The van der Waals surface area contributed by atoms with Crippen molar-refractivity contribution in [3.8, 4) is 0 Å². The van der Waals surface area contributed by atoms with E-state index in [9.17, 15) is 51.1 Å². The largest absolute Gasteiger partial charge is 0.394 e. The second-order valence-corrected chi connectivity index (χ2v) is 23.8. The third-order valence-electron chi connectivity index (χ3n) is 19.7. The molecule has 0 aromatic heterocycles. The van der Waals surface area contributed by atoms with E-state index in [2.05, 4.69) is 33.8 Å². The van der Waals surface area contributed by atoms with E-state index in [1.165, 1.54) is 26.3 Å². The maximum Gasteiger partial charge on any atom is 0.187 e. The van der Waals surface area contributed by atoms with E-state index in [0.29, 0.717) is 48.3 Å². The number of hydrogen-bond acceptors (Lipinski definition) is 20. The van der Waals surface area contributed by atoms with E-state index in [-0.39, 0.29) is 16.9 Å². The molecule has 4 aliphatic carbocycles. The van der Waals surface area contributed by atoms with Crippen molar-refractivity contribution >= 4 is 0 Å². The van der Waals surface area contributed by atoms with Crippen LogP contribution in [0.15, 0.2) is 11.6 Å². The van der Waals surface area contributed by atoms with Crippen molar-refractivity contribution in [3.63, 3.8) is 0 Å². The summed E-state index contributed by atoms with van der Waals surface area (Å²) in [4.78, 5) is 0. The van der Waals surface area contributed by atoms with Crippen molar-refractivity contribution in [2.75, 3.05) is 13.2 Å². The average molecular weight is 1020 g/mol. The predicted octanol–water partition coefficient (Wildman–Crippen LogP) is 0.0935. The molecule has 9 fully saturated rings. The van der Waals surface area contributed by atoms with Gasteiger partial charge < -0.3 is 98.4 Å². The zero-order chi connectivity index (χ0) is 50.8. The molecule has 6 aliphatic heterocycles. The topological polar surface area (TPSA) is 295 Å². The minimum Gasteiger partial charge on any atom is -0.394 e. The Morgan fingerprint density at radius 2 is 1.20 bits per heavy atom. The summed E-state index contributed by atoms with van der Waals surface area (Å²) in [5, 5.41) is 109. The Morgan fingerprint density at radius 3 is 1.82 bits per heavy atom. The number of fused-ring (bicyclic) bond motifs is 7. The second kappa shape index (κ2) is 20.1. The number of aliphatic hydroxyl groups is 10. The Hall–Kier alpha value is -1.06. The molecule has 71 heavy (non-hydrogen) atoms. The van der Waals surface area contributed by atoms with Crippen molar-refractivity contribution in [2.45, 2.75) is 247 Å². The van der Waals surface area contributed by atoms with Crippen LogP contribution in [-0.2, 0) is 47.4 Å². The van der Waals surface area contributed by atoms with Gasteiger partial charge in [-0.3, -0.25) is 0 Å². The molecule has 0 radical (unpaired) electrons. The van der Waals surface area contributed by atoms with Gasteiger partial charge in [0.25, 0.3) is 0 Å².